The second-order valence-corrected chi connectivity index (χ2v) is 10.0. The lowest BCUT2D eigenvalue weighted by molar-refractivity contribution is -0.139. The highest BCUT2D eigenvalue weighted by Crippen LogP contribution is 2.30. The van der Waals surface area contributed by atoms with Gasteiger partial charge in [-0.2, -0.15) is 4.72 Å². The van der Waals surface area contributed by atoms with Gasteiger partial charge in [-0.15, -0.1) is 0 Å². The topological polar surface area (TPSA) is 126 Å². The Balaban J connectivity index is 1.32. The minimum Gasteiger partial charge on any atom is -0.480 e. The van der Waals surface area contributed by atoms with E-state index in [1.165, 1.54) is 18.2 Å². The number of furan rings is 1. The van der Waals surface area contributed by atoms with E-state index in [4.69, 9.17) is 4.42 Å². The number of carbonyl (C=O) groups excluding carboxylic acids is 1. The molecule has 0 radical (unpaired) electrons. The maximum absolute atomic E-state index is 12.9. The van der Waals surface area contributed by atoms with Crippen molar-refractivity contribution in [3.8, 4) is 0 Å². The minimum absolute atomic E-state index is 0.0368. The first-order valence-corrected chi connectivity index (χ1v) is 13.0. The largest absolute Gasteiger partial charge is 0.480 e. The van der Waals surface area contributed by atoms with Crippen LogP contribution < -0.4 is 10.0 Å². The van der Waals surface area contributed by atoms with Crippen LogP contribution in [0.5, 0.6) is 0 Å². The van der Waals surface area contributed by atoms with E-state index >= 15 is 0 Å². The van der Waals surface area contributed by atoms with Gasteiger partial charge >= 0.3 is 5.97 Å². The molecule has 0 aliphatic rings. The fourth-order valence-electron chi connectivity index (χ4n) is 3.84. The van der Waals surface area contributed by atoms with Crippen molar-refractivity contribution < 1.29 is 27.5 Å². The van der Waals surface area contributed by atoms with Crippen LogP contribution in [0.2, 0.25) is 0 Å². The van der Waals surface area contributed by atoms with E-state index in [-0.39, 0.29) is 17.2 Å². The molecule has 1 unspecified atom stereocenters. The first-order valence-electron chi connectivity index (χ1n) is 11.5. The number of benzene rings is 3. The van der Waals surface area contributed by atoms with Crippen LogP contribution in [0.15, 0.2) is 88.2 Å². The molecule has 8 nitrogen and oxygen atoms in total. The monoisotopic (exact) mass is 506 g/mol. The predicted octanol–water partition coefficient (Wildman–Crippen LogP) is 4.32. The van der Waals surface area contributed by atoms with Gasteiger partial charge in [0.1, 0.15) is 17.2 Å². The normalized spacial score (nSPS) is 12.8. The zero-order valence-electron chi connectivity index (χ0n) is 19.4. The van der Waals surface area contributed by atoms with Gasteiger partial charge in [-0.05, 0) is 55.2 Å². The van der Waals surface area contributed by atoms with E-state index in [2.05, 4.69) is 10.0 Å². The summed E-state index contributed by atoms with van der Waals surface area (Å²) < 4.78 is 33.9. The van der Waals surface area contributed by atoms with Crippen LogP contribution in [0.25, 0.3) is 28.0 Å². The van der Waals surface area contributed by atoms with Gasteiger partial charge in [0.15, 0.2) is 0 Å². The van der Waals surface area contributed by atoms with Gasteiger partial charge in [-0.3, -0.25) is 9.59 Å². The number of amides is 1. The number of carboxylic acid groups (broad SMARTS) is 1. The van der Waals surface area contributed by atoms with Gasteiger partial charge in [-0.1, -0.05) is 48.5 Å². The number of carboxylic acids is 1. The number of carbonyl (C=O) groups is 2. The molecule has 1 heterocycles. The average molecular weight is 507 g/mol. The van der Waals surface area contributed by atoms with Crippen LogP contribution in [-0.2, 0) is 19.6 Å². The molecule has 0 bridgehead atoms. The van der Waals surface area contributed by atoms with Gasteiger partial charge < -0.3 is 14.8 Å². The lowest BCUT2D eigenvalue weighted by atomic mass is 10.1. The second-order valence-electron chi connectivity index (χ2n) is 8.30. The fraction of sp³-hybridized carbons (Fsp3) is 0.185. The van der Waals surface area contributed by atoms with Gasteiger partial charge in [0.2, 0.25) is 15.9 Å². The van der Waals surface area contributed by atoms with Gasteiger partial charge in [-0.25, -0.2) is 8.42 Å². The fourth-order valence-corrected chi connectivity index (χ4v) is 5.09. The van der Waals surface area contributed by atoms with E-state index in [1.807, 2.05) is 48.5 Å². The summed E-state index contributed by atoms with van der Waals surface area (Å²) in [5, 5.41) is 13.7. The molecule has 0 spiro atoms. The standard InChI is InChI=1S/C27H26N2O6S/c30-26(16-13-19-8-2-1-3-9-19)28-17-7-6-11-23(27(31)32)29-36(33,34)20-14-15-25-22(18-20)21-10-4-5-12-24(21)35-25/h1-5,8-10,12-16,18,23,29H,6-7,11,17H2,(H,28,30)(H,31,32)/b16-13+. The van der Waals surface area contributed by atoms with Crippen molar-refractivity contribution in [3.63, 3.8) is 0 Å². The molecule has 0 saturated carbocycles. The second kappa shape index (κ2) is 11.2. The van der Waals surface area contributed by atoms with Crippen molar-refractivity contribution in [2.45, 2.75) is 30.2 Å². The van der Waals surface area contributed by atoms with Gasteiger partial charge in [0.25, 0.3) is 0 Å². The summed E-state index contributed by atoms with van der Waals surface area (Å²) in [5.41, 5.74) is 2.09. The third-order valence-electron chi connectivity index (χ3n) is 5.70. The lowest BCUT2D eigenvalue weighted by Gasteiger charge is -2.15. The maximum Gasteiger partial charge on any atom is 0.321 e. The van der Waals surface area contributed by atoms with E-state index in [0.29, 0.717) is 35.9 Å². The summed E-state index contributed by atoms with van der Waals surface area (Å²) >= 11 is 0. The molecule has 0 saturated heterocycles. The number of fused-ring (bicyclic) bond motifs is 3. The number of sulfonamides is 1. The number of hydrogen-bond acceptors (Lipinski definition) is 5. The Kier molecular flexibility index (Phi) is 7.82. The van der Waals surface area contributed by atoms with E-state index in [9.17, 15) is 23.1 Å². The zero-order chi connectivity index (χ0) is 25.5. The molecule has 4 rings (SSSR count). The number of unbranched alkanes of at least 4 members (excludes halogenated alkanes) is 1. The van der Waals surface area contributed by atoms with Crippen LogP contribution in [0, 0.1) is 0 Å². The molecule has 9 heteroatoms. The first kappa shape index (κ1) is 25.2. The molecule has 0 aliphatic carbocycles. The van der Waals surface area contributed by atoms with Crippen molar-refractivity contribution in [1.82, 2.24) is 10.0 Å². The molecule has 1 aromatic heterocycles. The third-order valence-corrected chi connectivity index (χ3v) is 7.17. The molecule has 1 amide bonds. The lowest BCUT2D eigenvalue weighted by Crippen LogP contribution is -2.40. The molecular formula is C27H26N2O6S. The SMILES string of the molecule is O=C(/C=C/c1ccccc1)NCCCCC(NS(=O)(=O)c1ccc2oc3ccccc3c2c1)C(=O)O. The average Bonchev–Trinajstić information content (AvgIpc) is 3.25. The summed E-state index contributed by atoms with van der Waals surface area (Å²) in [6.07, 6.45) is 4.13. The number of para-hydroxylation sites is 1. The summed E-state index contributed by atoms with van der Waals surface area (Å²) in [6, 6.07) is 19.9. The highest BCUT2D eigenvalue weighted by molar-refractivity contribution is 7.89. The van der Waals surface area contributed by atoms with Gasteiger partial charge in [0.05, 0.1) is 4.90 Å². The van der Waals surface area contributed by atoms with E-state index in [1.54, 1.807) is 18.2 Å². The molecule has 0 fully saturated rings. The Hall–Kier alpha value is -3.95. The molecule has 36 heavy (non-hydrogen) atoms. The van der Waals surface area contributed by atoms with Crippen LogP contribution in [0.1, 0.15) is 24.8 Å². The van der Waals surface area contributed by atoms with Crippen molar-refractivity contribution in [2.75, 3.05) is 6.54 Å². The smallest absolute Gasteiger partial charge is 0.321 e. The Morgan fingerprint density at radius 3 is 2.42 bits per heavy atom. The first-order chi connectivity index (χ1) is 17.3. The molecule has 4 aromatic rings. The summed E-state index contributed by atoms with van der Waals surface area (Å²) in [5.74, 6) is -1.51. The van der Waals surface area contributed by atoms with Crippen molar-refractivity contribution >= 4 is 49.9 Å². The zero-order valence-corrected chi connectivity index (χ0v) is 20.2. The van der Waals surface area contributed by atoms with Gasteiger partial charge in [0, 0.05) is 23.4 Å². The Morgan fingerprint density at radius 1 is 0.917 bits per heavy atom. The molecular weight excluding hydrogens is 480 g/mol. The van der Waals surface area contributed by atoms with Crippen molar-refractivity contribution in [3.05, 3.63) is 84.4 Å². The molecule has 186 valence electrons. The summed E-state index contributed by atoms with van der Waals surface area (Å²) in [6.45, 7) is 0.348. The molecule has 3 aromatic carbocycles. The Labute approximate surface area is 208 Å². The van der Waals surface area contributed by atoms with Crippen LogP contribution >= 0.6 is 0 Å². The number of aliphatic carboxylic acids is 1. The molecule has 3 N–H and O–H groups in total. The van der Waals surface area contributed by atoms with Crippen LogP contribution in [0.3, 0.4) is 0 Å². The summed E-state index contributed by atoms with van der Waals surface area (Å²) in [4.78, 5) is 23.6. The van der Waals surface area contributed by atoms with Crippen molar-refractivity contribution in [1.29, 1.82) is 0 Å². The molecule has 1 atom stereocenters. The highest BCUT2D eigenvalue weighted by Gasteiger charge is 2.25. The number of nitrogens with one attached hydrogen (secondary N) is 2. The maximum atomic E-state index is 12.9. The highest BCUT2D eigenvalue weighted by atomic mass is 32.2. The van der Waals surface area contributed by atoms with E-state index in [0.717, 1.165) is 10.9 Å². The summed E-state index contributed by atoms with van der Waals surface area (Å²) in [7, 11) is -4.08. The Bertz CT molecular complexity index is 1510. The van der Waals surface area contributed by atoms with Crippen molar-refractivity contribution in [2.24, 2.45) is 0 Å². The van der Waals surface area contributed by atoms with Crippen LogP contribution in [0.4, 0.5) is 0 Å². The minimum atomic E-state index is -4.08. The Morgan fingerprint density at radius 2 is 1.64 bits per heavy atom. The third kappa shape index (κ3) is 6.18. The van der Waals surface area contributed by atoms with E-state index < -0.39 is 22.0 Å². The molecule has 0 aliphatic heterocycles. The number of rotatable bonds is 11. The predicted molar refractivity (Wildman–Crippen MR) is 138 cm³/mol. The van der Waals surface area contributed by atoms with Crippen LogP contribution in [-0.4, -0.2) is 38.0 Å². The number of hydrogen-bond donors (Lipinski definition) is 3. The quantitative estimate of drug-likeness (QED) is 0.206.